The Labute approximate surface area is 85.0 Å². The van der Waals surface area contributed by atoms with Crippen LogP contribution < -0.4 is 0 Å². The molecule has 0 aromatic rings. The average Bonchev–Trinajstić information content (AvgIpc) is 2.70. The van der Waals surface area contributed by atoms with Crippen molar-refractivity contribution in [1.29, 1.82) is 0 Å². The summed E-state index contributed by atoms with van der Waals surface area (Å²) in [5.41, 5.74) is -0.230. The van der Waals surface area contributed by atoms with Gasteiger partial charge in [0.25, 0.3) is 0 Å². The predicted octanol–water partition coefficient (Wildman–Crippen LogP) is -0.247. The van der Waals surface area contributed by atoms with Gasteiger partial charge in [0.2, 0.25) is 5.78 Å². The van der Waals surface area contributed by atoms with Crippen molar-refractivity contribution in [3.63, 3.8) is 0 Å². The average molecular weight is 214 g/mol. The van der Waals surface area contributed by atoms with Gasteiger partial charge >= 0.3 is 0 Å². The van der Waals surface area contributed by atoms with Crippen molar-refractivity contribution >= 4 is 17.2 Å². The lowest BCUT2D eigenvalue weighted by atomic mass is 9.89. The molecule has 82 valence electrons. The molecule has 0 bridgehead atoms. The van der Waals surface area contributed by atoms with Crippen LogP contribution in [0.4, 0.5) is 0 Å². The SMILES string of the molecule is O=C1/C(=N\O)CC2(C/C1=N\O)OCCO2. The van der Waals surface area contributed by atoms with Crippen LogP contribution in [0.5, 0.6) is 0 Å². The molecule has 0 amide bonds. The molecule has 1 heterocycles. The number of Topliss-reactive ketones (excluding diaryl/α,β-unsaturated/α-hetero) is 1. The van der Waals surface area contributed by atoms with Crippen LogP contribution in [0, 0.1) is 0 Å². The first-order valence-electron chi connectivity index (χ1n) is 4.45. The van der Waals surface area contributed by atoms with Gasteiger partial charge in [0, 0.05) is 0 Å². The number of nitrogens with zero attached hydrogens (tertiary/aromatic N) is 2. The Balaban J connectivity index is 2.30. The molecular formula is C8H10N2O5. The van der Waals surface area contributed by atoms with Crippen molar-refractivity contribution in [2.24, 2.45) is 10.3 Å². The third-order valence-electron chi connectivity index (χ3n) is 2.45. The fourth-order valence-electron chi connectivity index (χ4n) is 1.76. The molecule has 2 N–H and O–H groups in total. The van der Waals surface area contributed by atoms with Crippen molar-refractivity contribution in [3.8, 4) is 0 Å². The Morgan fingerprint density at radius 1 is 1.07 bits per heavy atom. The molecule has 2 fully saturated rings. The largest absolute Gasteiger partial charge is 0.411 e. The van der Waals surface area contributed by atoms with Crippen LogP contribution in [0.2, 0.25) is 0 Å². The molecule has 0 aromatic heterocycles. The summed E-state index contributed by atoms with van der Waals surface area (Å²) >= 11 is 0. The molecule has 15 heavy (non-hydrogen) atoms. The fraction of sp³-hybridized carbons (Fsp3) is 0.625. The van der Waals surface area contributed by atoms with E-state index in [4.69, 9.17) is 19.9 Å². The van der Waals surface area contributed by atoms with E-state index in [0.29, 0.717) is 13.2 Å². The Hall–Kier alpha value is -1.47. The second-order valence-corrected chi connectivity index (χ2v) is 3.38. The Kier molecular flexibility index (Phi) is 2.41. The van der Waals surface area contributed by atoms with Crippen LogP contribution in [0.1, 0.15) is 12.8 Å². The van der Waals surface area contributed by atoms with Gasteiger partial charge in [0.1, 0.15) is 11.4 Å². The van der Waals surface area contributed by atoms with Crippen LogP contribution >= 0.6 is 0 Å². The Morgan fingerprint density at radius 2 is 1.53 bits per heavy atom. The van der Waals surface area contributed by atoms with Crippen molar-refractivity contribution in [2.75, 3.05) is 13.2 Å². The van der Waals surface area contributed by atoms with Gasteiger partial charge in [0.15, 0.2) is 5.79 Å². The lowest BCUT2D eigenvalue weighted by molar-refractivity contribution is -0.149. The summed E-state index contributed by atoms with van der Waals surface area (Å²) in [6.07, 6.45) is 0.142. The zero-order valence-corrected chi connectivity index (χ0v) is 7.84. The summed E-state index contributed by atoms with van der Waals surface area (Å²) < 4.78 is 10.7. The zero-order chi connectivity index (χ0) is 10.9. The van der Waals surface area contributed by atoms with E-state index in [1.54, 1.807) is 0 Å². The first-order valence-corrected chi connectivity index (χ1v) is 4.45. The number of oxime groups is 2. The number of carbonyl (C=O) groups excluding carboxylic acids is 1. The molecule has 1 spiro atoms. The standard InChI is InChI=1S/C8H10N2O5/c11-7-5(9-12)3-8(4-6(7)10-13)14-1-2-15-8/h12-13H,1-4H2/b9-5-,10-6+. The van der Waals surface area contributed by atoms with E-state index in [2.05, 4.69) is 10.3 Å². The highest BCUT2D eigenvalue weighted by atomic mass is 16.7. The first-order chi connectivity index (χ1) is 7.21. The van der Waals surface area contributed by atoms with Crippen molar-refractivity contribution < 1.29 is 24.7 Å². The van der Waals surface area contributed by atoms with Crippen LogP contribution in [0.15, 0.2) is 10.3 Å². The summed E-state index contributed by atoms with van der Waals surface area (Å²) in [6.45, 7) is 0.817. The second kappa shape index (κ2) is 3.59. The summed E-state index contributed by atoms with van der Waals surface area (Å²) in [6, 6.07) is 0. The van der Waals surface area contributed by atoms with Crippen LogP contribution in [-0.4, -0.2) is 46.6 Å². The highest BCUT2D eigenvalue weighted by Gasteiger charge is 2.47. The van der Waals surface area contributed by atoms with Crippen LogP contribution in [-0.2, 0) is 14.3 Å². The van der Waals surface area contributed by atoms with Crippen molar-refractivity contribution in [3.05, 3.63) is 0 Å². The second-order valence-electron chi connectivity index (χ2n) is 3.38. The maximum absolute atomic E-state index is 11.4. The number of ether oxygens (including phenoxy) is 2. The molecule has 1 aliphatic carbocycles. The lowest BCUT2D eigenvalue weighted by Crippen LogP contribution is -2.46. The molecule has 7 nitrogen and oxygen atoms in total. The smallest absolute Gasteiger partial charge is 0.228 e. The Morgan fingerprint density at radius 3 is 1.93 bits per heavy atom. The van der Waals surface area contributed by atoms with Gasteiger partial charge in [-0.1, -0.05) is 10.3 Å². The van der Waals surface area contributed by atoms with E-state index in [1.165, 1.54) is 0 Å². The minimum Gasteiger partial charge on any atom is -0.411 e. The Bertz CT molecular complexity index is 317. The minimum atomic E-state index is -1.00. The van der Waals surface area contributed by atoms with Gasteiger partial charge < -0.3 is 19.9 Å². The van der Waals surface area contributed by atoms with Crippen molar-refractivity contribution in [1.82, 2.24) is 0 Å². The van der Waals surface area contributed by atoms with E-state index in [0.717, 1.165) is 0 Å². The summed E-state index contributed by atoms with van der Waals surface area (Å²) in [5, 5.41) is 23.0. The molecular weight excluding hydrogens is 204 g/mol. The molecule has 0 atom stereocenters. The molecule has 7 heteroatoms. The molecule has 0 unspecified atom stereocenters. The van der Waals surface area contributed by atoms with Gasteiger partial charge in [-0.3, -0.25) is 4.79 Å². The first kappa shape index (κ1) is 10.1. The fourth-order valence-corrected chi connectivity index (χ4v) is 1.76. The van der Waals surface area contributed by atoms with E-state index in [9.17, 15) is 4.79 Å². The summed E-state index contributed by atoms with van der Waals surface area (Å²) in [7, 11) is 0. The zero-order valence-electron chi connectivity index (χ0n) is 7.84. The molecule has 2 aliphatic rings. The van der Waals surface area contributed by atoms with Crippen molar-refractivity contribution in [2.45, 2.75) is 18.6 Å². The number of hydrogen-bond donors (Lipinski definition) is 2. The highest BCUT2D eigenvalue weighted by Crippen LogP contribution is 2.32. The maximum atomic E-state index is 11.4. The van der Waals surface area contributed by atoms with Crippen LogP contribution in [0.25, 0.3) is 0 Å². The van der Waals surface area contributed by atoms with E-state index >= 15 is 0 Å². The number of rotatable bonds is 0. The topological polar surface area (TPSA) is 101 Å². The van der Waals surface area contributed by atoms with E-state index in [-0.39, 0.29) is 24.3 Å². The monoisotopic (exact) mass is 214 g/mol. The number of ketones is 1. The van der Waals surface area contributed by atoms with Gasteiger partial charge in [0.05, 0.1) is 26.1 Å². The van der Waals surface area contributed by atoms with Gasteiger partial charge in [-0.2, -0.15) is 0 Å². The molecule has 0 aromatic carbocycles. The minimum absolute atomic E-state index is 0.0708. The predicted molar refractivity (Wildman–Crippen MR) is 47.3 cm³/mol. The molecule has 2 rings (SSSR count). The summed E-state index contributed by atoms with van der Waals surface area (Å²) in [4.78, 5) is 11.4. The third kappa shape index (κ3) is 1.59. The third-order valence-corrected chi connectivity index (χ3v) is 2.45. The summed E-state index contributed by atoms with van der Waals surface area (Å²) in [5.74, 6) is -1.58. The quantitative estimate of drug-likeness (QED) is 0.428. The normalized spacial score (nSPS) is 30.5. The van der Waals surface area contributed by atoms with Gasteiger partial charge in [-0.25, -0.2) is 0 Å². The highest BCUT2D eigenvalue weighted by molar-refractivity contribution is 6.67. The lowest BCUT2D eigenvalue weighted by Gasteiger charge is -2.30. The number of carbonyl (C=O) groups is 1. The van der Waals surface area contributed by atoms with E-state index < -0.39 is 11.6 Å². The molecule has 0 radical (unpaired) electrons. The maximum Gasteiger partial charge on any atom is 0.228 e. The number of hydrogen-bond acceptors (Lipinski definition) is 7. The van der Waals surface area contributed by atoms with Gasteiger partial charge in [-0.15, -0.1) is 0 Å². The molecule has 1 saturated carbocycles. The van der Waals surface area contributed by atoms with E-state index in [1.807, 2.05) is 0 Å². The molecule has 1 saturated heterocycles. The van der Waals surface area contributed by atoms with Crippen LogP contribution in [0.3, 0.4) is 0 Å². The molecule has 1 aliphatic heterocycles. The van der Waals surface area contributed by atoms with Gasteiger partial charge in [-0.05, 0) is 0 Å².